The molecule has 8 heteroatoms. The third-order valence-electron chi connectivity index (χ3n) is 5.21. The number of carbonyl (C=O) groups is 2. The van der Waals surface area contributed by atoms with Crippen molar-refractivity contribution < 1.29 is 19.1 Å². The zero-order valence-electron chi connectivity index (χ0n) is 18.9. The van der Waals surface area contributed by atoms with Crippen molar-refractivity contribution in [1.29, 1.82) is 5.26 Å². The maximum Gasteiger partial charge on any atom is 0.293 e. The average Bonchev–Trinajstić information content (AvgIpc) is 3.12. The first kappa shape index (κ1) is 24.4. The van der Waals surface area contributed by atoms with Gasteiger partial charge in [0.2, 0.25) is 0 Å². The van der Waals surface area contributed by atoms with Crippen molar-refractivity contribution >= 4 is 40.6 Å². The predicted molar refractivity (Wildman–Crippen MR) is 136 cm³/mol. The van der Waals surface area contributed by atoms with Crippen molar-refractivity contribution in [3.05, 3.63) is 98.9 Å². The number of rotatable bonds is 8. The summed E-state index contributed by atoms with van der Waals surface area (Å²) in [5.41, 5.74) is 2.85. The fourth-order valence-electron chi connectivity index (χ4n) is 3.47. The predicted octanol–water partition coefficient (Wildman–Crippen LogP) is 6.43. The molecule has 1 heterocycles. The summed E-state index contributed by atoms with van der Waals surface area (Å²) in [6.45, 7) is 2.68. The Morgan fingerprint density at radius 3 is 2.54 bits per heavy atom. The van der Waals surface area contributed by atoms with Crippen molar-refractivity contribution in [2.45, 2.75) is 20.1 Å². The molecule has 0 N–H and O–H groups in total. The first-order valence-corrected chi connectivity index (χ1v) is 12.1. The molecule has 0 spiro atoms. The minimum atomic E-state index is -0.346. The smallest absolute Gasteiger partial charge is 0.293 e. The van der Waals surface area contributed by atoms with Gasteiger partial charge in [-0.2, -0.15) is 5.26 Å². The van der Waals surface area contributed by atoms with Gasteiger partial charge in [0.1, 0.15) is 6.61 Å². The summed E-state index contributed by atoms with van der Waals surface area (Å²) in [6, 6.07) is 21.7. The van der Waals surface area contributed by atoms with Gasteiger partial charge < -0.3 is 9.47 Å². The van der Waals surface area contributed by atoms with E-state index in [0.717, 1.165) is 22.9 Å². The lowest BCUT2D eigenvalue weighted by Gasteiger charge is -2.13. The second-order valence-corrected chi connectivity index (χ2v) is 9.02. The van der Waals surface area contributed by atoms with Crippen LogP contribution in [0.15, 0.2) is 71.6 Å². The van der Waals surface area contributed by atoms with Crippen molar-refractivity contribution in [3.63, 3.8) is 0 Å². The Morgan fingerprint density at radius 2 is 1.80 bits per heavy atom. The van der Waals surface area contributed by atoms with E-state index in [-0.39, 0.29) is 24.3 Å². The Balaban J connectivity index is 1.51. The molecule has 1 aliphatic rings. The average molecular weight is 505 g/mol. The maximum atomic E-state index is 12.9. The lowest BCUT2D eigenvalue weighted by Crippen LogP contribution is -2.27. The largest absolute Gasteiger partial charge is 0.490 e. The second kappa shape index (κ2) is 11.1. The van der Waals surface area contributed by atoms with E-state index in [1.54, 1.807) is 60.7 Å². The second-order valence-electron chi connectivity index (χ2n) is 7.59. The molecule has 0 aromatic heterocycles. The molecule has 0 saturated carbocycles. The van der Waals surface area contributed by atoms with E-state index in [0.29, 0.717) is 39.2 Å². The molecule has 1 fully saturated rings. The van der Waals surface area contributed by atoms with Crippen molar-refractivity contribution in [2.24, 2.45) is 0 Å². The molecule has 3 aromatic rings. The number of amides is 2. The molecule has 3 aromatic carbocycles. The van der Waals surface area contributed by atoms with Gasteiger partial charge in [-0.15, -0.1) is 0 Å². The fourth-order valence-corrected chi connectivity index (χ4v) is 4.44. The van der Waals surface area contributed by atoms with Crippen LogP contribution in [0.25, 0.3) is 6.08 Å². The van der Waals surface area contributed by atoms with E-state index in [1.807, 2.05) is 19.1 Å². The molecule has 176 valence electrons. The Hall–Kier alpha value is -3.73. The van der Waals surface area contributed by atoms with Crippen LogP contribution in [-0.4, -0.2) is 22.7 Å². The number of halogens is 1. The van der Waals surface area contributed by atoms with Gasteiger partial charge in [-0.3, -0.25) is 14.5 Å². The number of imide groups is 1. The van der Waals surface area contributed by atoms with Gasteiger partial charge in [0.05, 0.1) is 29.7 Å². The van der Waals surface area contributed by atoms with Crippen molar-refractivity contribution in [3.8, 4) is 17.6 Å². The van der Waals surface area contributed by atoms with Gasteiger partial charge in [0.15, 0.2) is 11.5 Å². The fraction of sp³-hybridized carbons (Fsp3) is 0.148. The van der Waals surface area contributed by atoms with E-state index in [9.17, 15) is 14.9 Å². The van der Waals surface area contributed by atoms with Gasteiger partial charge in [-0.1, -0.05) is 48.0 Å². The number of nitrogens with zero attached hydrogens (tertiary/aromatic N) is 2. The summed E-state index contributed by atoms with van der Waals surface area (Å²) in [5.74, 6) is 0.685. The number of carbonyl (C=O) groups excluding carboxylic acids is 2. The summed E-state index contributed by atoms with van der Waals surface area (Å²) in [6.07, 6.45) is 1.67. The third kappa shape index (κ3) is 5.86. The SMILES string of the molecule is CCOc1cc(C=C2SC(=O)N(Cc3ccc(Cl)cc3)C2=O)ccc1OCc1ccccc1C#N. The minimum Gasteiger partial charge on any atom is -0.490 e. The molecule has 0 aliphatic carbocycles. The van der Waals surface area contributed by atoms with Gasteiger partial charge in [0.25, 0.3) is 11.1 Å². The monoisotopic (exact) mass is 504 g/mol. The van der Waals surface area contributed by atoms with Crippen LogP contribution in [0.2, 0.25) is 5.02 Å². The summed E-state index contributed by atoms with van der Waals surface area (Å²) >= 11 is 6.82. The molecule has 0 bridgehead atoms. The highest BCUT2D eigenvalue weighted by atomic mass is 35.5. The minimum absolute atomic E-state index is 0.181. The Morgan fingerprint density at radius 1 is 1.03 bits per heavy atom. The topological polar surface area (TPSA) is 79.6 Å². The Kier molecular flexibility index (Phi) is 7.76. The Bertz CT molecular complexity index is 1330. The van der Waals surface area contributed by atoms with E-state index in [4.69, 9.17) is 21.1 Å². The number of ether oxygens (including phenoxy) is 2. The first-order valence-electron chi connectivity index (χ1n) is 10.9. The molecular formula is C27H21ClN2O4S. The zero-order valence-corrected chi connectivity index (χ0v) is 20.4. The molecule has 1 saturated heterocycles. The highest BCUT2D eigenvalue weighted by Crippen LogP contribution is 2.35. The number of nitriles is 1. The summed E-state index contributed by atoms with van der Waals surface area (Å²) in [7, 11) is 0. The highest BCUT2D eigenvalue weighted by molar-refractivity contribution is 8.18. The van der Waals surface area contributed by atoms with Crippen LogP contribution in [0.5, 0.6) is 11.5 Å². The summed E-state index contributed by atoms with van der Waals surface area (Å²) in [4.78, 5) is 26.9. The molecule has 35 heavy (non-hydrogen) atoms. The van der Waals surface area contributed by atoms with E-state index in [1.165, 1.54) is 4.90 Å². The third-order valence-corrected chi connectivity index (χ3v) is 6.37. The molecule has 0 radical (unpaired) electrons. The van der Waals surface area contributed by atoms with Gasteiger partial charge in [-0.05, 0) is 66.2 Å². The van der Waals surface area contributed by atoms with Gasteiger partial charge in [-0.25, -0.2) is 0 Å². The van der Waals surface area contributed by atoms with Gasteiger partial charge in [0, 0.05) is 10.6 Å². The molecule has 2 amide bonds. The number of thioether (sulfide) groups is 1. The molecule has 0 unspecified atom stereocenters. The van der Waals surface area contributed by atoms with Crippen molar-refractivity contribution in [2.75, 3.05) is 6.61 Å². The number of benzene rings is 3. The highest BCUT2D eigenvalue weighted by Gasteiger charge is 2.35. The van der Waals surface area contributed by atoms with Crippen LogP contribution in [0.3, 0.4) is 0 Å². The van der Waals surface area contributed by atoms with E-state index < -0.39 is 0 Å². The van der Waals surface area contributed by atoms with Crippen molar-refractivity contribution in [1.82, 2.24) is 4.90 Å². The van der Waals surface area contributed by atoms with Crippen LogP contribution >= 0.6 is 23.4 Å². The molecular weight excluding hydrogens is 484 g/mol. The number of hydrogen-bond donors (Lipinski definition) is 0. The zero-order chi connectivity index (χ0) is 24.8. The van der Waals surface area contributed by atoms with Crippen LogP contribution in [-0.2, 0) is 17.9 Å². The standard InChI is InChI=1S/C27H21ClN2O4S/c1-2-33-24-13-19(9-12-23(24)34-17-21-6-4-3-5-20(21)15-29)14-25-26(31)30(27(32)35-25)16-18-7-10-22(28)11-8-18/h3-14H,2,16-17H2,1H3. The lowest BCUT2D eigenvalue weighted by molar-refractivity contribution is -0.123. The quantitative estimate of drug-likeness (QED) is 0.329. The summed E-state index contributed by atoms with van der Waals surface area (Å²) in [5, 5.41) is 9.55. The summed E-state index contributed by atoms with van der Waals surface area (Å²) < 4.78 is 11.7. The van der Waals surface area contributed by atoms with E-state index in [2.05, 4.69) is 6.07 Å². The van der Waals surface area contributed by atoms with Crippen LogP contribution in [0.4, 0.5) is 4.79 Å². The lowest BCUT2D eigenvalue weighted by atomic mass is 10.1. The van der Waals surface area contributed by atoms with Crippen LogP contribution in [0.1, 0.15) is 29.2 Å². The molecule has 6 nitrogen and oxygen atoms in total. The van der Waals surface area contributed by atoms with E-state index >= 15 is 0 Å². The molecule has 1 aliphatic heterocycles. The van der Waals surface area contributed by atoms with Gasteiger partial charge >= 0.3 is 0 Å². The Labute approximate surface area is 212 Å². The first-order chi connectivity index (χ1) is 17.0. The maximum absolute atomic E-state index is 12.9. The number of hydrogen-bond acceptors (Lipinski definition) is 6. The van der Waals surface area contributed by atoms with Crippen LogP contribution in [0, 0.1) is 11.3 Å². The molecule has 0 atom stereocenters. The molecule has 4 rings (SSSR count). The normalized spacial score (nSPS) is 14.3. The van der Waals surface area contributed by atoms with Crippen LogP contribution < -0.4 is 9.47 Å².